The van der Waals surface area contributed by atoms with Crippen molar-refractivity contribution in [2.75, 3.05) is 27.2 Å². The maximum absolute atomic E-state index is 9.26. The number of alkyl halides is 1. The van der Waals surface area contributed by atoms with Crippen LogP contribution in [0.4, 0.5) is 0 Å². The molecule has 0 aliphatic heterocycles. The summed E-state index contributed by atoms with van der Waals surface area (Å²) in [4.78, 5) is 0. The molecule has 0 bridgehead atoms. The molecule has 0 aromatic rings. The topological polar surface area (TPSA) is 20.2 Å². The van der Waals surface area contributed by atoms with Gasteiger partial charge in [0.15, 0.2) is 0 Å². The van der Waals surface area contributed by atoms with E-state index in [4.69, 9.17) is 11.6 Å². The fourth-order valence-corrected chi connectivity index (χ4v) is 1.60. The average Bonchev–Trinajstić information content (AvgIpc) is 1.98. The van der Waals surface area contributed by atoms with Crippen LogP contribution < -0.4 is 0 Å². The van der Waals surface area contributed by atoms with Crippen molar-refractivity contribution in [2.24, 2.45) is 0 Å². The predicted octanol–water partition coefficient (Wildman–Crippen LogP) is 1.85. The maximum Gasteiger partial charge on any atom is 0.104 e. The molecule has 0 saturated heterocycles. The lowest BCUT2D eigenvalue weighted by atomic mass is 10.2. The van der Waals surface area contributed by atoms with Crippen LogP contribution in [0, 0.1) is 0 Å². The van der Waals surface area contributed by atoms with Gasteiger partial charge < -0.3 is 9.59 Å². The number of nitrogens with zero attached hydrogens (tertiary/aromatic N) is 1. The number of aliphatic hydroxyl groups excluding tert-OH is 1. The van der Waals surface area contributed by atoms with Gasteiger partial charge in [-0.25, -0.2) is 0 Å². The van der Waals surface area contributed by atoms with Crippen LogP contribution in [0.15, 0.2) is 0 Å². The molecule has 0 radical (unpaired) electrons. The number of halogens is 1. The molecule has 2 atom stereocenters. The van der Waals surface area contributed by atoms with E-state index in [9.17, 15) is 5.11 Å². The van der Waals surface area contributed by atoms with Crippen molar-refractivity contribution in [3.05, 3.63) is 0 Å². The highest BCUT2D eigenvalue weighted by Gasteiger charge is 2.18. The minimum absolute atomic E-state index is 0.231. The Morgan fingerprint density at radius 1 is 1.38 bits per heavy atom. The number of quaternary nitrogens is 1. The lowest BCUT2D eigenvalue weighted by molar-refractivity contribution is -0.893. The standard InChI is InChI=1S/C10H23ClNO/c1-5-10(11)6-7-12(3,4)8-9(2)13/h9-10,13H,5-8H2,1-4H3/q+1. The summed E-state index contributed by atoms with van der Waals surface area (Å²) in [5.74, 6) is 0. The Morgan fingerprint density at radius 2 is 1.92 bits per heavy atom. The third-order valence-electron chi connectivity index (χ3n) is 2.25. The van der Waals surface area contributed by atoms with Crippen LogP contribution >= 0.6 is 11.6 Å². The van der Waals surface area contributed by atoms with Crippen molar-refractivity contribution in [2.45, 2.75) is 38.2 Å². The normalized spacial score (nSPS) is 17.1. The summed E-state index contributed by atoms with van der Waals surface area (Å²) in [6, 6.07) is 0. The van der Waals surface area contributed by atoms with Crippen molar-refractivity contribution in [3.8, 4) is 0 Å². The number of aliphatic hydroxyl groups is 1. The van der Waals surface area contributed by atoms with Crippen molar-refractivity contribution >= 4 is 11.6 Å². The summed E-state index contributed by atoms with van der Waals surface area (Å²) in [5, 5.41) is 9.55. The van der Waals surface area contributed by atoms with Crippen molar-refractivity contribution in [1.29, 1.82) is 0 Å². The Labute approximate surface area is 87.1 Å². The third-order valence-corrected chi connectivity index (χ3v) is 2.78. The minimum Gasteiger partial charge on any atom is -0.388 e. The SMILES string of the molecule is CCC(Cl)CC[N+](C)(C)CC(C)O. The molecule has 0 amide bonds. The molecule has 0 aliphatic carbocycles. The Kier molecular flexibility index (Phi) is 5.93. The number of likely N-dealkylation sites (N-methyl/N-ethyl adjacent to an activating group) is 1. The minimum atomic E-state index is -0.231. The summed E-state index contributed by atoms with van der Waals surface area (Å²) in [6.45, 7) is 5.77. The highest BCUT2D eigenvalue weighted by molar-refractivity contribution is 6.20. The molecule has 0 fully saturated rings. The first kappa shape index (κ1) is 13.2. The molecule has 3 heteroatoms. The fourth-order valence-electron chi connectivity index (χ4n) is 1.50. The van der Waals surface area contributed by atoms with Gasteiger partial charge in [-0.2, -0.15) is 0 Å². The molecular formula is C10H23ClNO+. The first-order valence-corrected chi connectivity index (χ1v) is 5.45. The lowest BCUT2D eigenvalue weighted by Crippen LogP contribution is -2.45. The van der Waals surface area contributed by atoms with Gasteiger partial charge in [0.2, 0.25) is 0 Å². The van der Waals surface area contributed by atoms with Crippen molar-refractivity contribution in [1.82, 2.24) is 0 Å². The molecule has 0 heterocycles. The zero-order valence-corrected chi connectivity index (χ0v) is 10.0. The van der Waals surface area contributed by atoms with E-state index in [2.05, 4.69) is 21.0 Å². The lowest BCUT2D eigenvalue weighted by Gasteiger charge is -2.31. The average molecular weight is 209 g/mol. The molecule has 13 heavy (non-hydrogen) atoms. The maximum atomic E-state index is 9.26. The van der Waals surface area contributed by atoms with E-state index < -0.39 is 0 Å². The largest absolute Gasteiger partial charge is 0.388 e. The third kappa shape index (κ3) is 7.29. The van der Waals surface area contributed by atoms with Gasteiger partial charge in [-0.1, -0.05) is 6.92 Å². The second kappa shape index (κ2) is 5.84. The van der Waals surface area contributed by atoms with Gasteiger partial charge in [0, 0.05) is 11.8 Å². The van der Waals surface area contributed by atoms with E-state index in [1.54, 1.807) is 0 Å². The van der Waals surface area contributed by atoms with E-state index in [-0.39, 0.29) is 11.5 Å². The molecule has 0 rings (SSSR count). The molecule has 2 unspecified atom stereocenters. The highest BCUT2D eigenvalue weighted by atomic mass is 35.5. The second-order valence-electron chi connectivity index (χ2n) is 4.49. The molecule has 0 aromatic carbocycles. The molecule has 2 nitrogen and oxygen atoms in total. The Morgan fingerprint density at radius 3 is 2.31 bits per heavy atom. The first-order valence-electron chi connectivity index (χ1n) is 5.01. The summed E-state index contributed by atoms with van der Waals surface area (Å²) >= 11 is 6.04. The van der Waals surface area contributed by atoms with Crippen molar-refractivity contribution < 1.29 is 9.59 Å². The van der Waals surface area contributed by atoms with Gasteiger partial charge in [0.25, 0.3) is 0 Å². The zero-order chi connectivity index (χ0) is 10.5. The second-order valence-corrected chi connectivity index (χ2v) is 5.10. The van der Waals surface area contributed by atoms with Gasteiger partial charge in [-0.15, -0.1) is 11.6 Å². The summed E-state index contributed by atoms with van der Waals surface area (Å²) in [6.07, 6.45) is 1.82. The molecule has 0 aromatic heterocycles. The van der Waals surface area contributed by atoms with Crippen LogP contribution in [0.3, 0.4) is 0 Å². The van der Waals surface area contributed by atoms with Gasteiger partial charge in [-0.3, -0.25) is 0 Å². The Bertz CT molecular complexity index is 137. The molecule has 0 aliphatic rings. The van der Waals surface area contributed by atoms with E-state index in [1.807, 2.05) is 6.92 Å². The van der Waals surface area contributed by atoms with Gasteiger partial charge in [-0.05, 0) is 13.3 Å². The first-order chi connectivity index (χ1) is 5.87. The quantitative estimate of drug-likeness (QED) is 0.522. The molecule has 0 spiro atoms. The van der Waals surface area contributed by atoms with Gasteiger partial charge >= 0.3 is 0 Å². The Balaban J connectivity index is 3.74. The van der Waals surface area contributed by atoms with Crippen LogP contribution in [-0.4, -0.2) is 48.3 Å². The number of hydrogen-bond donors (Lipinski definition) is 1. The Hall–Kier alpha value is 0.210. The molecule has 80 valence electrons. The monoisotopic (exact) mass is 208 g/mol. The van der Waals surface area contributed by atoms with Crippen LogP contribution in [0.1, 0.15) is 26.7 Å². The smallest absolute Gasteiger partial charge is 0.104 e. The summed E-state index contributed by atoms with van der Waals surface area (Å²) in [5.41, 5.74) is 0. The van der Waals surface area contributed by atoms with Gasteiger partial charge in [0.05, 0.1) is 20.6 Å². The van der Waals surface area contributed by atoms with Crippen LogP contribution in [0.5, 0.6) is 0 Å². The summed E-state index contributed by atoms with van der Waals surface area (Å²) < 4.78 is 0.848. The van der Waals surface area contributed by atoms with E-state index in [1.165, 1.54) is 0 Å². The predicted molar refractivity (Wildman–Crippen MR) is 58.1 cm³/mol. The van der Waals surface area contributed by atoms with Crippen LogP contribution in [0.2, 0.25) is 0 Å². The molecule has 1 N–H and O–H groups in total. The zero-order valence-electron chi connectivity index (χ0n) is 9.26. The van der Waals surface area contributed by atoms with Crippen LogP contribution in [0.25, 0.3) is 0 Å². The molecular weight excluding hydrogens is 186 g/mol. The molecule has 0 saturated carbocycles. The number of rotatable bonds is 6. The summed E-state index contributed by atoms with van der Waals surface area (Å²) in [7, 11) is 4.26. The van der Waals surface area contributed by atoms with E-state index in [0.717, 1.165) is 30.4 Å². The van der Waals surface area contributed by atoms with Crippen LogP contribution in [-0.2, 0) is 0 Å². The van der Waals surface area contributed by atoms with E-state index >= 15 is 0 Å². The van der Waals surface area contributed by atoms with E-state index in [0.29, 0.717) is 0 Å². The highest BCUT2D eigenvalue weighted by Crippen LogP contribution is 2.10. The van der Waals surface area contributed by atoms with Gasteiger partial charge in [0.1, 0.15) is 12.6 Å². The van der Waals surface area contributed by atoms with Crippen molar-refractivity contribution in [3.63, 3.8) is 0 Å². The number of hydrogen-bond acceptors (Lipinski definition) is 1. The fraction of sp³-hybridized carbons (Fsp3) is 1.00.